The Morgan fingerprint density at radius 3 is 2.14 bits per heavy atom. The van der Waals surface area contributed by atoms with Crippen molar-refractivity contribution in [1.29, 1.82) is 0 Å². The van der Waals surface area contributed by atoms with Gasteiger partial charge in [-0.15, -0.1) is 0 Å². The van der Waals surface area contributed by atoms with Crippen molar-refractivity contribution in [3.05, 3.63) is 71.8 Å². The maximum Gasteiger partial charge on any atom is 0.0140 e. The molecule has 3 N–H and O–H groups in total. The monoisotopic (exact) mass is 294 g/mol. The lowest BCUT2D eigenvalue weighted by molar-refractivity contribution is 0.246. The van der Waals surface area contributed by atoms with Crippen LogP contribution in [0.25, 0.3) is 0 Å². The van der Waals surface area contributed by atoms with Gasteiger partial charge in [0.2, 0.25) is 0 Å². The van der Waals surface area contributed by atoms with Gasteiger partial charge in [0.15, 0.2) is 0 Å². The molecule has 1 saturated heterocycles. The molecule has 0 saturated carbocycles. The molecule has 0 aromatic heterocycles. The van der Waals surface area contributed by atoms with Gasteiger partial charge in [0.05, 0.1) is 0 Å². The zero-order chi connectivity index (χ0) is 15.3. The minimum absolute atomic E-state index is 0.126. The highest BCUT2D eigenvalue weighted by atomic mass is 14.9. The van der Waals surface area contributed by atoms with E-state index in [4.69, 9.17) is 5.73 Å². The maximum absolute atomic E-state index is 6.74. The maximum atomic E-state index is 6.74. The number of aryl methyl sites for hydroxylation is 1. The summed E-state index contributed by atoms with van der Waals surface area (Å²) >= 11 is 0. The molecular weight excluding hydrogens is 268 g/mol. The van der Waals surface area contributed by atoms with Crippen LogP contribution in [-0.4, -0.2) is 19.1 Å². The predicted molar refractivity (Wildman–Crippen MR) is 93.0 cm³/mol. The van der Waals surface area contributed by atoms with Crippen molar-refractivity contribution in [2.75, 3.05) is 13.1 Å². The van der Waals surface area contributed by atoms with Gasteiger partial charge in [0.25, 0.3) is 0 Å². The Morgan fingerprint density at radius 2 is 1.50 bits per heavy atom. The smallest absolute Gasteiger partial charge is 0.0140 e. The fourth-order valence-electron chi connectivity index (χ4n) is 3.76. The predicted octanol–water partition coefficient (Wildman–Crippen LogP) is 3.27. The van der Waals surface area contributed by atoms with Gasteiger partial charge in [-0.25, -0.2) is 0 Å². The van der Waals surface area contributed by atoms with Crippen LogP contribution >= 0.6 is 0 Å². The molecule has 2 aromatic rings. The lowest BCUT2D eigenvalue weighted by Crippen LogP contribution is -2.51. The number of benzene rings is 2. The van der Waals surface area contributed by atoms with E-state index in [1.165, 1.54) is 11.1 Å². The van der Waals surface area contributed by atoms with Gasteiger partial charge < -0.3 is 11.1 Å². The van der Waals surface area contributed by atoms with Gasteiger partial charge in [0.1, 0.15) is 0 Å². The average Bonchev–Trinajstić information content (AvgIpc) is 2.62. The second-order valence-electron chi connectivity index (χ2n) is 6.40. The highest BCUT2D eigenvalue weighted by Crippen LogP contribution is 2.37. The van der Waals surface area contributed by atoms with Crippen LogP contribution in [0.3, 0.4) is 0 Å². The number of hydrogen-bond acceptors (Lipinski definition) is 2. The van der Waals surface area contributed by atoms with E-state index in [1.807, 2.05) is 0 Å². The third kappa shape index (κ3) is 3.23. The molecule has 0 aliphatic carbocycles. The number of rotatable bonds is 5. The third-order valence-electron chi connectivity index (χ3n) is 5.14. The molecule has 2 aromatic carbocycles. The van der Waals surface area contributed by atoms with Crippen molar-refractivity contribution in [3.8, 4) is 0 Å². The summed E-state index contributed by atoms with van der Waals surface area (Å²) in [5.74, 6) is 0. The fraction of sp³-hybridized carbons (Fsp3) is 0.400. The molecule has 0 spiro atoms. The van der Waals surface area contributed by atoms with Gasteiger partial charge in [-0.05, 0) is 49.9 Å². The van der Waals surface area contributed by atoms with Crippen molar-refractivity contribution in [1.82, 2.24) is 5.32 Å². The van der Waals surface area contributed by atoms with Crippen molar-refractivity contribution in [2.24, 2.45) is 5.73 Å². The van der Waals surface area contributed by atoms with Crippen LogP contribution in [0.5, 0.6) is 0 Å². The number of hydrogen-bond donors (Lipinski definition) is 2. The van der Waals surface area contributed by atoms with Crippen LogP contribution < -0.4 is 11.1 Å². The molecule has 0 radical (unpaired) electrons. The SMILES string of the molecule is NC(CCc1ccccc1)C1(c2ccccc2)CCNCC1. The Hall–Kier alpha value is -1.64. The lowest BCUT2D eigenvalue weighted by Gasteiger charge is -2.43. The summed E-state index contributed by atoms with van der Waals surface area (Å²) in [6.45, 7) is 2.13. The molecule has 1 aliphatic rings. The number of piperidine rings is 1. The summed E-state index contributed by atoms with van der Waals surface area (Å²) in [5.41, 5.74) is 9.66. The molecule has 2 nitrogen and oxygen atoms in total. The van der Waals surface area contributed by atoms with E-state index in [0.717, 1.165) is 38.8 Å². The summed E-state index contributed by atoms with van der Waals surface area (Å²) in [5, 5.41) is 3.48. The third-order valence-corrected chi connectivity index (χ3v) is 5.14. The molecule has 1 heterocycles. The van der Waals surface area contributed by atoms with E-state index in [2.05, 4.69) is 66.0 Å². The Balaban J connectivity index is 1.77. The zero-order valence-corrected chi connectivity index (χ0v) is 13.2. The second-order valence-corrected chi connectivity index (χ2v) is 6.40. The normalized spacial score (nSPS) is 18.8. The summed E-state index contributed by atoms with van der Waals surface area (Å²) in [6.07, 6.45) is 4.36. The average molecular weight is 294 g/mol. The first-order valence-electron chi connectivity index (χ1n) is 8.37. The summed E-state index contributed by atoms with van der Waals surface area (Å²) in [4.78, 5) is 0. The van der Waals surface area contributed by atoms with Crippen LogP contribution in [0, 0.1) is 0 Å². The molecule has 1 fully saturated rings. The summed E-state index contributed by atoms with van der Waals surface area (Å²) in [6, 6.07) is 21.8. The number of nitrogens with one attached hydrogen (secondary N) is 1. The van der Waals surface area contributed by atoms with Crippen molar-refractivity contribution in [3.63, 3.8) is 0 Å². The van der Waals surface area contributed by atoms with Gasteiger partial charge >= 0.3 is 0 Å². The Labute approximate surface area is 133 Å². The second kappa shape index (κ2) is 7.08. The first-order valence-corrected chi connectivity index (χ1v) is 8.37. The molecule has 2 heteroatoms. The molecular formula is C20H26N2. The number of nitrogens with two attached hydrogens (primary N) is 1. The first kappa shape index (κ1) is 15.3. The highest BCUT2D eigenvalue weighted by Gasteiger charge is 2.39. The minimum Gasteiger partial charge on any atom is -0.327 e. The van der Waals surface area contributed by atoms with Crippen LogP contribution in [0.2, 0.25) is 0 Å². The van der Waals surface area contributed by atoms with E-state index in [-0.39, 0.29) is 11.5 Å². The van der Waals surface area contributed by atoms with Crippen LogP contribution in [0.4, 0.5) is 0 Å². The van der Waals surface area contributed by atoms with Crippen molar-refractivity contribution >= 4 is 0 Å². The topological polar surface area (TPSA) is 38.0 Å². The molecule has 1 unspecified atom stereocenters. The van der Waals surface area contributed by atoms with E-state index in [1.54, 1.807) is 0 Å². The Morgan fingerprint density at radius 1 is 0.909 bits per heavy atom. The van der Waals surface area contributed by atoms with Crippen molar-refractivity contribution in [2.45, 2.75) is 37.1 Å². The quantitative estimate of drug-likeness (QED) is 0.888. The zero-order valence-electron chi connectivity index (χ0n) is 13.2. The molecule has 1 aliphatic heterocycles. The molecule has 116 valence electrons. The van der Waals surface area contributed by atoms with E-state index < -0.39 is 0 Å². The van der Waals surface area contributed by atoms with Crippen LogP contribution in [0.15, 0.2) is 60.7 Å². The highest BCUT2D eigenvalue weighted by molar-refractivity contribution is 5.29. The molecule has 0 bridgehead atoms. The van der Waals surface area contributed by atoms with Crippen LogP contribution in [-0.2, 0) is 11.8 Å². The van der Waals surface area contributed by atoms with Gasteiger partial charge in [-0.3, -0.25) is 0 Å². The standard InChI is InChI=1S/C20H26N2/c21-19(12-11-17-7-3-1-4-8-17)20(13-15-22-16-14-20)18-9-5-2-6-10-18/h1-10,19,22H,11-16,21H2. The lowest BCUT2D eigenvalue weighted by atomic mass is 9.67. The summed E-state index contributed by atoms with van der Waals surface area (Å²) in [7, 11) is 0. The molecule has 22 heavy (non-hydrogen) atoms. The van der Waals surface area contributed by atoms with Crippen LogP contribution in [0.1, 0.15) is 30.4 Å². The molecule has 3 rings (SSSR count). The van der Waals surface area contributed by atoms with Gasteiger partial charge in [0, 0.05) is 11.5 Å². The molecule has 1 atom stereocenters. The fourth-order valence-corrected chi connectivity index (χ4v) is 3.76. The Kier molecular flexibility index (Phi) is 4.91. The van der Waals surface area contributed by atoms with Crippen molar-refractivity contribution < 1.29 is 0 Å². The summed E-state index contributed by atoms with van der Waals surface area (Å²) < 4.78 is 0. The molecule has 0 amide bonds. The largest absolute Gasteiger partial charge is 0.327 e. The van der Waals surface area contributed by atoms with E-state index >= 15 is 0 Å². The van der Waals surface area contributed by atoms with Gasteiger partial charge in [-0.2, -0.15) is 0 Å². The van der Waals surface area contributed by atoms with E-state index in [9.17, 15) is 0 Å². The van der Waals surface area contributed by atoms with Gasteiger partial charge in [-0.1, -0.05) is 60.7 Å². The van der Waals surface area contributed by atoms with E-state index in [0.29, 0.717) is 0 Å². The Bertz CT molecular complexity index is 559. The minimum atomic E-state index is 0.126. The first-order chi connectivity index (χ1) is 10.8.